The van der Waals surface area contributed by atoms with Gasteiger partial charge in [0, 0.05) is 23.2 Å². The lowest BCUT2D eigenvalue weighted by Gasteiger charge is -2.30. The molecule has 1 saturated heterocycles. The first kappa shape index (κ1) is 21.6. The Morgan fingerprint density at radius 3 is 2.58 bits per heavy atom. The van der Waals surface area contributed by atoms with Gasteiger partial charge in [0.2, 0.25) is 11.8 Å². The molecule has 0 bridgehead atoms. The van der Waals surface area contributed by atoms with Crippen LogP contribution in [0.25, 0.3) is 0 Å². The number of hydrogen-bond acceptors (Lipinski definition) is 8. The Labute approximate surface area is 197 Å². The number of thioether (sulfide) groups is 1. The Kier molecular flexibility index (Phi) is 5.63. The predicted octanol–water partition coefficient (Wildman–Crippen LogP) is 2.66. The summed E-state index contributed by atoms with van der Waals surface area (Å²) in [5, 5.41) is -0.193. The van der Waals surface area contributed by atoms with E-state index in [2.05, 4.69) is 4.98 Å². The molecule has 8 nitrogen and oxygen atoms in total. The number of aromatic nitrogens is 2. The lowest BCUT2D eigenvalue weighted by molar-refractivity contribution is -0.144. The van der Waals surface area contributed by atoms with E-state index >= 15 is 0 Å². The number of imide groups is 1. The average molecular weight is 482 g/mol. The standard InChI is InChI=1S/C23H19N3O5S2/c1-2-31-15(27)12-25-22-19(33-23(25)30)16(13-7-6-10-24-11-13)17-18(32-22)21(29)26(20(17)28)14-8-4-3-5-9-14/h3-11,16-18H,2,12H2,1H3. The number of thiazole rings is 1. The highest BCUT2D eigenvalue weighted by atomic mass is 32.2. The van der Waals surface area contributed by atoms with Gasteiger partial charge in [-0.15, -0.1) is 0 Å². The molecule has 1 aromatic carbocycles. The maximum absolute atomic E-state index is 13.6. The summed E-state index contributed by atoms with van der Waals surface area (Å²) >= 11 is 2.18. The summed E-state index contributed by atoms with van der Waals surface area (Å²) in [6.07, 6.45) is 3.29. The summed E-state index contributed by atoms with van der Waals surface area (Å²) in [6.45, 7) is 1.66. The van der Waals surface area contributed by atoms with Crippen molar-refractivity contribution in [2.24, 2.45) is 5.92 Å². The number of esters is 1. The van der Waals surface area contributed by atoms with Crippen molar-refractivity contribution in [1.82, 2.24) is 9.55 Å². The molecule has 2 aliphatic rings. The molecule has 2 aromatic heterocycles. The minimum atomic E-state index is -0.724. The van der Waals surface area contributed by atoms with Gasteiger partial charge in [0.25, 0.3) is 0 Å². The normalized spacial score (nSPS) is 21.6. The van der Waals surface area contributed by atoms with Crippen molar-refractivity contribution >= 4 is 46.6 Å². The van der Waals surface area contributed by atoms with Crippen molar-refractivity contribution in [1.29, 1.82) is 0 Å². The molecule has 3 unspecified atom stereocenters. The van der Waals surface area contributed by atoms with E-state index in [1.54, 1.807) is 49.6 Å². The molecular weight excluding hydrogens is 462 g/mol. The van der Waals surface area contributed by atoms with E-state index in [0.29, 0.717) is 15.6 Å². The van der Waals surface area contributed by atoms with Gasteiger partial charge in [-0.2, -0.15) is 0 Å². The fraction of sp³-hybridized carbons (Fsp3) is 0.261. The number of para-hydroxylation sites is 1. The Hall–Kier alpha value is -3.24. The van der Waals surface area contributed by atoms with Crippen LogP contribution in [0.1, 0.15) is 23.3 Å². The zero-order chi connectivity index (χ0) is 23.1. The number of rotatable bonds is 5. The molecule has 3 atom stereocenters. The number of anilines is 1. The van der Waals surface area contributed by atoms with Gasteiger partial charge >= 0.3 is 10.8 Å². The molecule has 0 N–H and O–H groups in total. The van der Waals surface area contributed by atoms with Crippen molar-refractivity contribution in [2.75, 3.05) is 11.5 Å². The molecular formula is C23H19N3O5S2. The average Bonchev–Trinajstić information content (AvgIpc) is 3.26. The molecule has 5 rings (SSSR count). The third-order valence-electron chi connectivity index (χ3n) is 5.70. The van der Waals surface area contributed by atoms with Crippen LogP contribution in [0, 0.1) is 5.92 Å². The summed E-state index contributed by atoms with van der Waals surface area (Å²) in [7, 11) is 0. The number of carbonyl (C=O) groups is 3. The van der Waals surface area contributed by atoms with Crippen molar-refractivity contribution in [2.45, 2.75) is 29.7 Å². The number of pyridine rings is 1. The minimum absolute atomic E-state index is 0.203. The SMILES string of the molecule is CCOC(=O)Cn1c2c(sc1=O)C(c1cccnc1)C1C(=O)N(c3ccccc3)C(=O)C1S2. The van der Waals surface area contributed by atoms with Gasteiger partial charge in [-0.05, 0) is 30.7 Å². The van der Waals surface area contributed by atoms with Crippen LogP contribution < -0.4 is 9.77 Å². The van der Waals surface area contributed by atoms with Crippen LogP contribution in [0.4, 0.5) is 5.69 Å². The lowest BCUT2D eigenvalue weighted by Crippen LogP contribution is -2.32. The lowest BCUT2D eigenvalue weighted by atomic mass is 9.84. The second kappa shape index (κ2) is 8.60. The molecule has 0 saturated carbocycles. The largest absolute Gasteiger partial charge is 0.465 e. The fourth-order valence-corrected chi connectivity index (χ4v) is 7.11. The second-order valence-electron chi connectivity index (χ2n) is 7.60. The number of carbonyl (C=O) groups excluding carboxylic acids is 3. The molecule has 3 aromatic rings. The zero-order valence-corrected chi connectivity index (χ0v) is 19.2. The van der Waals surface area contributed by atoms with Crippen molar-refractivity contribution in [3.63, 3.8) is 0 Å². The second-order valence-corrected chi connectivity index (χ2v) is 9.73. The van der Waals surface area contributed by atoms with Gasteiger partial charge in [-0.1, -0.05) is 47.4 Å². The van der Waals surface area contributed by atoms with E-state index in [4.69, 9.17) is 4.74 Å². The van der Waals surface area contributed by atoms with Gasteiger partial charge in [-0.3, -0.25) is 28.7 Å². The highest BCUT2D eigenvalue weighted by molar-refractivity contribution is 8.00. The first-order valence-electron chi connectivity index (χ1n) is 10.4. The number of hydrogen-bond donors (Lipinski definition) is 0. The number of ether oxygens (including phenoxy) is 1. The summed E-state index contributed by atoms with van der Waals surface area (Å²) in [4.78, 5) is 57.9. The molecule has 2 amide bonds. The van der Waals surface area contributed by atoms with Crippen LogP contribution in [-0.4, -0.2) is 39.2 Å². The summed E-state index contributed by atoms with van der Waals surface area (Å²) in [5.41, 5.74) is 1.26. The Morgan fingerprint density at radius 1 is 1.09 bits per heavy atom. The number of nitrogens with zero attached hydrogens (tertiary/aromatic N) is 3. The molecule has 33 heavy (non-hydrogen) atoms. The molecule has 0 spiro atoms. The van der Waals surface area contributed by atoms with E-state index in [0.717, 1.165) is 16.9 Å². The highest BCUT2D eigenvalue weighted by Crippen LogP contribution is 2.53. The van der Waals surface area contributed by atoms with Crippen LogP contribution in [0.5, 0.6) is 0 Å². The predicted molar refractivity (Wildman–Crippen MR) is 123 cm³/mol. The fourth-order valence-electron chi connectivity index (χ4n) is 4.34. The summed E-state index contributed by atoms with van der Waals surface area (Å²) in [6, 6.07) is 12.4. The van der Waals surface area contributed by atoms with Crippen molar-refractivity contribution in [3.8, 4) is 0 Å². The van der Waals surface area contributed by atoms with Gasteiger partial charge in [0.05, 0.1) is 23.2 Å². The topological polar surface area (TPSA) is 98.6 Å². The Bertz CT molecular complexity index is 1290. The first-order chi connectivity index (χ1) is 16.0. The van der Waals surface area contributed by atoms with Crippen molar-refractivity contribution < 1.29 is 19.1 Å². The maximum atomic E-state index is 13.6. The van der Waals surface area contributed by atoms with E-state index in [-0.39, 0.29) is 29.8 Å². The van der Waals surface area contributed by atoms with Crippen molar-refractivity contribution in [3.05, 3.63) is 75.0 Å². The van der Waals surface area contributed by atoms with Gasteiger partial charge in [-0.25, -0.2) is 4.90 Å². The first-order valence-corrected chi connectivity index (χ1v) is 12.1. The molecule has 10 heteroatoms. The smallest absolute Gasteiger partial charge is 0.326 e. The quantitative estimate of drug-likeness (QED) is 0.408. The third-order valence-corrected chi connectivity index (χ3v) is 8.30. The molecule has 1 fully saturated rings. The Morgan fingerprint density at radius 2 is 1.88 bits per heavy atom. The highest BCUT2D eigenvalue weighted by Gasteiger charge is 2.56. The number of amides is 2. The summed E-state index contributed by atoms with van der Waals surface area (Å²) in [5.74, 6) is -2.37. The number of benzene rings is 1. The zero-order valence-electron chi connectivity index (χ0n) is 17.5. The van der Waals surface area contributed by atoms with E-state index < -0.39 is 23.1 Å². The summed E-state index contributed by atoms with van der Waals surface area (Å²) < 4.78 is 6.38. The van der Waals surface area contributed by atoms with Crippen LogP contribution in [0.3, 0.4) is 0 Å². The molecule has 0 aliphatic carbocycles. The molecule has 168 valence electrons. The molecule has 0 radical (unpaired) electrons. The van der Waals surface area contributed by atoms with E-state index in [9.17, 15) is 19.2 Å². The van der Waals surface area contributed by atoms with E-state index in [1.165, 1.54) is 21.2 Å². The minimum Gasteiger partial charge on any atom is -0.465 e. The molecule has 2 aliphatic heterocycles. The monoisotopic (exact) mass is 481 g/mol. The van der Waals surface area contributed by atoms with E-state index in [1.807, 2.05) is 12.1 Å². The van der Waals surface area contributed by atoms with Crippen LogP contribution in [0.2, 0.25) is 0 Å². The van der Waals surface area contributed by atoms with Crippen LogP contribution >= 0.6 is 23.1 Å². The van der Waals surface area contributed by atoms with Gasteiger partial charge in [0.15, 0.2) is 0 Å². The third kappa shape index (κ3) is 3.59. The van der Waals surface area contributed by atoms with Gasteiger partial charge in [0.1, 0.15) is 11.8 Å². The van der Waals surface area contributed by atoms with Crippen LogP contribution in [-0.2, 0) is 25.7 Å². The number of fused-ring (bicyclic) bond motifs is 2. The van der Waals surface area contributed by atoms with Crippen LogP contribution in [0.15, 0.2) is 64.7 Å². The van der Waals surface area contributed by atoms with Gasteiger partial charge < -0.3 is 4.74 Å². The molecule has 4 heterocycles. The Balaban J connectivity index is 1.64. The maximum Gasteiger partial charge on any atom is 0.326 e.